The molecule has 6 N–H and O–H groups in total. The Kier molecular flexibility index (Phi) is 13.3. The highest BCUT2D eigenvalue weighted by Crippen LogP contribution is 2.29. The number of hydrogen-bond acceptors (Lipinski definition) is 7. The topological polar surface area (TPSA) is 166 Å². The Hall–Kier alpha value is -3.18. The van der Waals surface area contributed by atoms with Gasteiger partial charge in [0.05, 0.1) is 18.2 Å². The fraction of sp³-hybridized carbons (Fsp3) is 0.688. The molecule has 1 saturated heterocycles. The van der Waals surface area contributed by atoms with Crippen molar-refractivity contribution >= 4 is 23.8 Å². The summed E-state index contributed by atoms with van der Waals surface area (Å²) < 4.78 is 5.38. The molecule has 1 heterocycles. The minimum Gasteiger partial charge on any atom is -0.444 e. The molecule has 43 heavy (non-hydrogen) atoms. The number of rotatable bonds is 7. The molecule has 4 amide bonds. The summed E-state index contributed by atoms with van der Waals surface area (Å²) in [5.74, 6) is -1.14. The molecule has 0 unspecified atom stereocenters. The van der Waals surface area contributed by atoms with Crippen molar-refractivity contribution in [2.24, 2.45) is 5.92 Å². The van der Waals surface area contributed by atoms with E-state index in [0.717, 1.165) is 37.7 Å². The molecule has 5 atom stereocenters. The maximum absolute atomic E-state index is 13.7. The Labute approximate surface area is 254 Å². The van der Waals surface area contributed by atoms with Crippen LogP contribution in [0.15, 0.2) is 30.3 Å². The Morgan fingerprint density at radius 2 is 1.70 bits per heavy atom. The van der Waals surface area contributed by atoms with Crippen LogP contribution < -0.4 is 21.3 Å². The fourth-order valence-corrected chi connectivity index (χ4v) is 5.74. The average molecular weight is 603 g/mol. The maximum atomic E-state index is 13.7. The summed E-state index contributed by atoms with van der Waals surface area (Å²) in [6, 6.07) is 6.26. The number of carbonyl (C=O) groups is 4. The van der Waals surface area contributed by atoms with Gasteiger partial charge >= 0.3 is 6.09 Å². The predicted octanol–water partition coefficient (Wildman–Crippen LogP) is 2.47. The second-order valence-electron chi connectivity index (χ2n) is 12.9. The lowest BCUT2D eigenvalue weighted by Gasteiger charge is -2.33. The van der Waals surface area contributed by atoms with E-state index < -0.39 is 53.8 Å². The van der Waals surface area contributed by atoms with E-state index in [1.807, 2.05) is 30.3 Å². The summed E-state index contributed by atoms with van der Waals surface area (Å²) in [5.41, 5.74) is 0.0120. The van der Waals surface area contributed by atoms with Crippen molar-refractivity contribution in [3.05, 3.63) is 35.9 Å². The molecular formula is C32H50N4O7. The van der Waals surface area contributed by atoms with E-state index >= 15 is 0 Å². The molecule has 11 nitrogen and oxygen atoms in total. The van der Waals surface area contributed by atoms with Gasteiger partial charge in [0.1, 0.15) is 17.7 Å². The van der Waals surface area contributed by atoms with Crippen LogP contribution in [-0.2, 0) is 25.5 Å². The number of ether oxygens (including phenoxy) is 1. The Bertz CT molecular complexity index is 1060. The lowest BCUT2D eigenvalue weighted by atomic mass is 9.82. The Morgan fingerprint density at radius 3 is 2.37 bits per heavy atom. The molecule has 240 valence electrons. The monoisotopic (exact) mass is 602 g/mol. The maximum Gasteiger partial charge on any atom is 0.408 e. The summed E-state index contributed by atoms with van der Waals surface area (Å²) in [5, 5.41) is 32.9. The summed E-state index contributed by atoms with van der Waals surface area (Å²) in [4.78, 5) is 52.5. The average Bonchev–Trinajstić information content (AvgIpc) is 2.96. The highest BCUT2D eigenvalue weighted by atomic mass is 16.6. The van der Waals surface area contributed by atoms with Gasteiger partial charge in [0.2, 0.25) is 17.7 Å². The number of aliphatic hydroxyl groups excluding tert-OH is 2. The highest BCUT2D eigenvalue weighted by Gasteiger charge is 2.34. The zero-order valence-electron chi connectivity index (χ0n) is 25.8. The summed E-state index contributed by atoms with van der Waals surface area (Å²) >= 11 is 0. The summed E-state index contributed by atoms with van der Waals surface area (Å²) in [6.07, 6.45) is 3.69. The quantitative estimate of drug-likeness (QED) is 0.279. The number of hydrogen-bond donors (Lipinski definition) is 6. The molecule has 0 bridgehead atoms. The minimum atomic E-state index is -1.20. The molecule has 0 radical (unpaired) electrons. The lowest BCUT2D eigenvalue weighted by Crippen LogP contribution is -2.58. The number of nitrogens with one attached hydrogen (secondary N) is 4. The van der Waals surface area contributed by atoms with Crippen molar-refractivity contribution in [1.29, 1.82) is 0 Å². The van der Waals surface area contributed by atoms with Crippen molar-refractivity contribution < 1.29 is 34.1 Å². The van der Waals surface area contributed by atoms with Crippen LogP contribution in [-0.4, -0.2) is 76.5 Å². The zero-order chi connectivity index (χ0) is 31.4. The molecule has 11 heteroatoms. The first kappa shape index (κ1) is 34.3. The van der Waals surface area contributed by atoms with Crippen molar-refractivity contribution in [2.75, 3.05) is 6.54 Å². The van der Waals surface area contributed by atoms with Crippen LogP contribution in [0.25, 0.3) is 0 Å². The van der Waals surface area contributed by atoms with Gasteiger partial charge in [-0.05, 0) is 57.9 Å². The Morgan fingerprint density at radius 1 is 1.00 bits per heavy atom. The molecule has 1 aliphatic carbocycles. The predicted molar refractivity (Wildman–Crippen MR) is 162 cm³/mol. The Balaban J connectivity index is 1.82. The number of alkyl carbamates (subject to hydrolysis) is 1. The molecule has 0 aromatic heterocycles. The lowest BCUT2D eigenvalue weighted by molar-refractivity contribution is -0.132. The minimum absolute atomic E-state index is 0.0143. The van der Waals surface area contributed by atoms with Gasteiger partial charge in [-0.1, -0.05) is 62.4 Å². The van der Waals surface area contributed by atoms with Gasteiger partial charge in [-0.3, -0.25) is 14.4 Å². The third kappa shape index (κ3) is 12.1. The van der Waals surface area contributed by atoms with Crippen LogP contribution in [0.2, 0.25) is 0 Å². The van der Waals surface area contributed by atoms with E-state index in [2.05, 4.69) is 21.3 Å². The molecule has 2 fully saturated rings. The first-order valence-corrected chi connectivity index (χ1v) is 15.7. The van der Waals surface area contributed by atoms with Crippen molar-refractivity contribution in [2.45, 2.75) is 127 Å². The van der Waals surface area contributed by atoms with Gasteiger partial charge in [-0.25, -0.2) is 4.79 Å². The van der Waals surface area contributed by atoms with E-state index in [4.69, 9.17) is 4.74 Å². The van der Waals surface area contributed by atoms with Crippen LogP contribution in [0.4, 0.5) is 4.79 Å². The number of benzene rings is 1. The second kappa shape index (κ2) is 16.6. The van der Waals surface area contributed by atoms with Gasteiger partial charge in [-0.2, -0.15) is 0 Å². The molecule has 2 aliphatic rings. The normalized spacial score (nSPS) is 25.5. The van der Waals surface area contributed by atoms with Gasteiger partial charge in [0, 0.05) is 19.4 Å². The van der Waals surface area contributed by atoms with Crippen molar-refractivity contribution in [1.82, 2.24) is 21.3 Å². The standard InChI is InChI=1S/C32H50N4O7/c1-32(2,3)43-31(42)36-25(20-22-13-8-5-9-14-22)30(41)34-23-16-17-27(38)33-18-10-15-26(37)28(39)24(35-29(23)40)19-21-11-6-4-7-12-21/h5,8-9,13-14,21,23-26,28,37,39H,4,6-7,10-12,15-20H2,1-3H3,(H,33,38)(H,34,41)(H,35,40)(H,36,42)/t23-,24-,25-,26-,28+/m0/s1. The van der Waals surface area contributed by atoms with Crippen molar-refractivity contribution in [3.63, 3.8) is 0 Å². The molecular weight excluding hydrogens is 552 g/mol. The number of aliphatic hydroxyl groups is 2. The number of carbonyl (C=O) groups excluding carboxylic acids is 4. The van der Waals surface area contributed by atoms with Gasteiger partial charge in [0.15, 0.2) is 0 Å². The fourth-order valence-electron chi connectivity index (χ4n) is 5.74. The van der Waals surface area contributed by atoms with Gasteiger partial charge in [-0.15, -0.1) is 0 Å². The largest absolute Gasteiger partial charge is 0.444 e. The third-order valence-electron chi connectivity index (χ3n) is 8.03. The van der Waals surface area contributed by atoms with Crippen LogP contribution in [0.5, 0.6) is 0 Å². The van der Waals surface area contributed by atoms with Gasteiger partial charge < -0.3 is 36.2 Å². The SMILES string of the molecule is CC(C)(C)OC(=O)N[C@@H](Cc1ccccc1)C(=O)N[C@H]1CCC(=O)NCCC[C@H](O)[C@H](O)[C@H](CC2CCCCC2)NC1=O. The van der Waals surface area contributed by atoms with E-state index in [1.54, 1.807) is 20.8 Å². The van der Waals surface area contributed by atoms with Crippen LogP contribution in [0, 0.1) is 5.92 Å². The van der Waals surface area contributed by atoms with Crippen LogP contribution in [0.3, 0.4) is 0 Å². The van der Waals surface area contributed by atoms with Gasteiger partial charge in [0.25, 0.3) is 0 Å². The zero-order valence-corrected chi connectivity index (χ0v) is 25.8. The summed E-state index contributed by atoms with van der Waals surface area (Å²) in [7, 11) is 0. The highest BCUT2D eigenvalue weighted by molar-refractivity contribution is 5.92. The third-order valence-corrected chi connectivity index (χ3v) is 8.03. The molecule has 1 aliphatic heterocycles. The van der Waals surface area contributed by atoms with Crippen molar-refractivity contribution in [3.8, 4) is 0 Å². The first-order valence-electron chi connectivity index (χ1n) is 15.7. The summed E-state index contributed by atoms with van der Waals surface area (Å²) in [6.45, 7) is 5.48. The van der Waals surface area contributed by atoms with E-state index in [0.29, 0.717) is 25.3 Å². The van der Waals surface area contributed by atoms with E-state index in [9.17, 15) is 29.4 Å². The van der Waals surface area contributed by atoms with E-state index in [1.165, 1.54) is 0 Å². The first-order chi connectivity index (χ1) is 20.4. The van der Waals surface area contributed by atoms with Crippen LogP contribution in [0.1, 0.15) is 90.5 Å². The molecule has 0 spiro atoms. The van der Waals surface area contributed by atoms with Crippen LogP contribution >= 0.6 is 0 Å². The van der Waals surface area contributed by atoms with E-state index in [-0.39, 0.29) is 31.6 Å². The second-order valence-corrected chi connectivity index (χ2v) is 12.9. The molecule has 1 saturated carbocycles. The number of amides is 4. The molecule has 3 rings (SSSR count). The molecule has 1 aromatic rings. The molecule has 1 aromatic carbocycles. The smallest absolute Gasteiger partial charge is 0.408 e.